The molecule has 1 unspecified atom stereocenters. The summed E-state index contributed by atoms with van der Waals surface area (Å²) in [7, 11) is 0. The third-order valence-electron chi connectivity index (χ3n) is 6.49. The van der Waals surface area contributed by atoms with Gasteiger partial charge in [0, 0.05) is 54.3 Å². The molecule has 0 amide bonds. The lowest BCUT2D eigenvalue weighted by Crippen LogP contribution is -2.55. The van der Waals surface area contributed by atoms with E-state index in [4.69, 9.17) is 16.6 Å². The molecular formula is C26H23ClF3N5O2. The molecule has 3 aromatic rings. The van der Waals surface area contributed by atoms with Gasteiger partial charge < -0.3 is 19.8 Å². The van der Waals surface area contributed by atoms with Gasteiger partial charge in [-0.05, 0) is 42.5 Å². The van der Waals surface area contributed by atoms with E-state index in [9.17, 15) is 23.1 Å². The van der Waals surface area contributed by atoms with Crippen molar-refractivity contribution in [3.63, 3.8) is 0 Å². The first-order chi connectivity index (χ1) is 17.7. The number of nitrogens with zero attached hydrogens (tertiary/aromatic N) is 5. The molecule has 2 aliphatic rings. The van der Waals surface area contributed by atoms with E-state index in [0.29, 0.717) is 48.4 Å². The Labute approximate surface area is 216 Å². The molecule has 192 valence electrons. The van der Waals surface area contributed by atoms with Gasteiger partial charge in [0.2, 0.25) is 5.96 Å². The van der Waals surface area contributed by atoms with Crippen molar-refractivity contribution in [2.24, 2.45) is 4.99 Å². The van der Waals surface area contributed by atoms with Crippen LogP contribution in [-0.2, 0) is 11.0 Å². The number of hydrogen-bond donors (Lipinski definition) is 1. The Kier molecular flexibility index (Phi) is 6.68. The second-order valence-electron chi connectivity index (χ2n) is 8.83. The molecule has 0 saturated carbocycles. The number of carbonyl (C=O) groups is 1. The molecule has 3 heterocycles. The van der Waals surface area contributed by atoms with Crippen LogP contribution in [0.3, 0.4) is 0 Å². The maximum absolute atomic E-state index is 13.6. The van der Waals surface area contributed by atoms with Gasteiger partial charge in [0.05, 0.1) is 29.9 Å². The summed E-state index contributed by atoms with van der Waals surface area (Å²) in [6, 6.07) is 13.4. The van der Waals surface area contributed by atoms with Gasteiger partial charge in [-0.2, -0.15) is 13.2 Å². The first-order valence-electron chi connectivity index (χ1n) is 11.7. The molecule has 0 radical (unpaired) electrons. The maximum atomic E-state index is 13.6. The lowest BCUT2D eigenvalue weighted by Gasteiger charge is -2.45. The third kappa shape index (κ3) is 5.20. The summed E-state index contributed by atoms with van der Waals surface area (Å²) in [4.78, 5) is 26.6. The van der Waals surface area contributed by atoms with E-state index >= 15 is 0 Å². The molecule has 0 spiro atoms. The highest BCUT2D eigenvalue weighted by molar-refractivity contribution is 6.30. The smallest absolute Gasteiger partial charge is 0.416 e. The van der Waals surface area contributed by atoms with E-state index in [-0.39, 0.29) is 12.1 Å². The number of aliphatic imine (C=N–C) groups is 1. The van der Waals surface area contributed by atoms with Crippen molar-refractivity contribution in [2.45, 2.75) is 18.6 Å². The van der Waals surface area contributed by atoms with Crippen LogP contribution >= 0.6 is 11.6 Å². The zero-order valence-corrected chi connectivity index (χ0v) is 20.3. The molecule has 1 atom stereocenters. The zero-order chi connectivity index (χ0) is 26.2. The number of aliphatic carboxylic acids is 1. The highest BCUT2D eigenvalue weighted by Gasteiger charge is 2.38. The number of rotatable bonds is 4. The van der Waals surface area contributed by atoms with Crippen LogP contribution in [0.5, 0.6) is 0 Å². The average molecular weight is 530 g/mol. The molecule has 37 heavy (non-hydrogen) atoms. The lowest BCUT2D eigenvalue weighted by atomic mass is 9.98. The van der Waals surface area contributed by atoms with E-state index in [0.717, 1.165) is 17.8 Å². The summed E-state index contributed by atoms with van der Waals surface area (Å²) in [6.45, 7) is 2.30. The molecule has 5 rings (SSSR count). The molecule has 1 N–H and O–H groups in total. The molecule has 2 aromatic carbocycles. The molecule has 1 aromatic heterocycles. The first kappa shape index (κ1) is 24.9. The standard InChI is InChI=1S/C26H23ClF3N5O2/c27-18-4-2-5-19(14-18)33-9-11-34(12-10-33)25-32-22-16-31-8-7-21(22)23(15-24(36)37)35(25)20-6-1-3-17(13-20)26(28,29)30/h1-8,13-14,16,23H,9-12,15H2,(H,36,37). The van der Waals surface area contributed by atoms with E-state index in [2.05, 4.69) is 9.88 Å². The lowest BCUT2D eigenvalue weighted by molar-refractivity contribution is -0.138. The topological polar surface area (TPSA) is 72.3 Å². The molecule has 1 fully saturated rings. The summed E-state index contributed by atoms with van der Waals surface area (Å²) in [6.07, 6.45) is -1.79. The minimum absolute atomic E-state index is 0.222. The number of anilines is 2. The van der Waals surface area contributed by atoms with Crippen molar-refractivity contribution in [1.82, 2.24) is 9.88 Å². The van der Waals surface area contributed by atoms with Crippen molar-refractivity contribution in [2.75, 3.05) is 36.0 Å². The fourth-order valence-corrected chi connectivity index (χ4v) is 4.95. The van der Waals surface area contributed by atoms with Gasteiger partial charge in [0.15, 0.2) is 0 Å². The van der Waals surface area contributed by atoms with E-state index in [1.165, 1.54) is 12.3 Å². The fraction of sp³-hybridized carbons (Fsp3) is 0.269. The number of pyridine rings is 1. The van der Waals surface area contributed by atoms with Crippen LogP contribution < -0.4 is 9.80 Å². The van der Waals surface area contributed by atoms with Crippen LogP contribution in [0.4, 0.5) is 30.2 Å². The quantitative estimate of drug-likeness (QED) is 0.474. The average Bonchev–Trinajstić information content (AvgIpc) is 2.88. The van der Waals surface area contributed by atoms with E-state index < -0.39 is 23.8 Å². The number of carboxylic acids is 1. The molecule has 7 nitrogen and oxygen atoms in total. The largest absolute Gasteiger partial charge is 0.481 e. The number of hydrogen-bond acceptors (Lipinski definition) is 6. The second-order valence-corrected chi connectivity index (χ2v) is 9.27. The SMILES string of the molecule is O=C(O)CC1c2ccncc2N=C(N2CCN(c3cccc(Cl)c3)CC2)N1c1cccc(C(F)(F)F)c1. The highest BCUT2D eigenvalue weighted by atomic mass is 35.5. The fourth-order valence-electron chi connectivity index (χ4n) is 4.77. The van der Waals surface area contributed by atoms with Crippen molar-refractivity contribution < 1.29 is 23.1 Å². The summed E-state index contributed by atoms with van der Waals surface area (Å²) in [5, 5.41) is 10.4. The Morgan fingerprint density at radius 1 is 1.00 bits per heavy atom. The summed E-state index contributed by atoms with van der Waals surface area (Å²) in [5.41, 5.74) is 1.48. The molecule has 2 aliphatic heterocycles. The number of alkyl halides is 3. The number of benzene rings is 2. The number of fused-ring (bicyclic) bond motifs is 1. The number of piperazine rings is 1. The van der Waals surface area contributed by atoms with Crippen LogP contribution in [0, 0.1) is 0 Å². The van der Waals surface area contributed by atoms with Crippen LogP contribution in [-0.4, -0.2) is 53.1 Å². The van der Waals surface area contributed by atoms with Gasteiger partial charge in [0.25, 0.3) is 0 Å². The van der Waals surface area contributed by atoms with Gasteiger partial charge in [-0.1, -0.05) is 23.7 Å². The van der Waals surface area contributed by atoms with Crippen molar-refractivity contribution in [3.05, 3.63) is 83.1 Å². The Morgan fingerprint density at radius 3 is 2.41 bits per heavy atom. The minimum atomic E-state index is -4.55. The van der Waals surface area contributed by atoms with Crippen LogP contribution in [0.25, 0.3) is 0 Å². The Morgan fingerprint density at radius 2 is 1.70 bits per heavy atom. The van der Waals surface area contributed by atoms with Crippen LogP contribution in [0.15, 0.2) is 72.0 Å². The highest BCUT2D eigenvalue weighted by Crippen LogP contribution is 2.41. The van der Waals surface area contributed by atoms with Crippen molar-refractivity contribution in [1.29, 1.82) is 0 Å². The predicted octanol–water partition coefficient (Wildman–Crippen LogP) is 5.60. The summed E-state index contributed by atoms with van der Waals surface area (Å²) < 4.78 is 40.8. The van der Waals surface area contributed by atoms with E-state index in [1.54, 1.807) is 29.3 Å². The number of halogens is 4. The second kappa shape index (κ2) is 9.93. The van der Waals surface area contributed by atoms with Gasteiger partial charge in [-0.15, -0.1) is 0 Å². The van der Waals surface area contributed by atoms with Crippen LogP contribution in [0.1, 0.15) is 23.6 Å². The monoisotopic (exact) mass is 529 g/mol. The molecule has 11 heteroatoms. The minimum Gasteiger partial charge on any atom is -0.481 e. The molecule has 1 saturated heterocycles. The number of guanidine groups is 1. The van der Waals surface area contributed by atoms with Gasteiger partial charge >= 0.3 is 12.1 Å². The number of aromatic nitrogens is 1. The van der Waals surface area contributed by atoms with Crippen molar-refractivity contribution in [3.8, 4) is 0 Å². The maximum Gasteiger partial charge on any atom is 0.416 e. The van der Waals surface area contributed by atoms with Crippen molar-refractivity contribution >= 4 is 40.6 Å². The molecule has 0 aliphatic carbocycles. The summed E-state index contributed by atoms with van der Waals surface area (Å²) in [5.74, 6) is -0.673. The predicted molar refractivity (Wildman–Crippen MR) is 135 cm³/mol. The van der Waals surface area contributed by atoms with E-state index in [1.807, 2.05) is 23.1 Å². The van der Waals surface area contributed by atoms with Gasteiger partial charge in [-0.3, -0.25) is 9.78 Å². The van der Waals surface area contributed by atoms with Gasteiger partial charge in [0.1, 0.15) is 0 Å². The zero-order valence-electron chi connectivity index (χ0n) is 19.6. The summed E-state index contributed by atoms with van der Waals surface area (Å²) >= 11 is 6.15. The Bertz CT molecular complexity index is 1340. The molecule has 0 bridgehead atoms. The normalized spacial score (nSPS) is 17.9. The Hall–Kier alpha value is -3.79. The first-order valence-corrected chi connectivity index (χ1v) is 12.0. The Balaban J connectivity index is 1.54. The molecular weight excluding hydrogens is 507 g/mol. The number of carboxylic acid groups (broad SMARTS) is 1. The van der Waals surface area contributed by atoms with Crippen LogP contribution in [0.2, 0.25) is 5.02 Å². The van der Waals surface area contributed by atoms with Gasteiger partial charge in [-0.25, -0.2) is 4.99 Å². The third-order valence-corrected chi connectivity index (χ3v) is 6.73.